The number of carbonyl (C=O) groups excluding carboxylic acids is 2. The minimum Gasteiger partial charge on any atom is -0.355 e. The summed E-state index contributed by atoms with van der Waals surface area (Å²) in [5.41, 5.74) is 8.73. The van der Waals surface area contributed by atoms with Crippen LogP contribution in [0.4, 0.5) is 13.2 Å². The van der Waals surface area contributed by atoms with Gasteiger partial charge in [0.25, 0.3) is 0 Å². The zero-order valence-electron chi connectivity index (χ0n) is 19.8. The van der Waals surface area contributed by atoms with Crippen LogP contribution in [0.1, 0.15) is 64.2 Å². The van der Waals surface area contributed by atoms with Crippen LogP contribution in [0.15, 0.2) is 0 Å². The quantitative estimate of drug-likeness (QED) is 0.257. The predicted octanol–water partition coefficient (Wildman–Crippen LogP) is 1.11. The molecule has 10 nitrogen and oxygen atoms in total. The van der Waals surface area contributed by atoms with E-state index in [2.05, 4.69) is 37.0 Å². The molecule has 4 fully saturated rings. The molecule has 2 aliphatic carbocycles. The number of hydrogen-bond donors (Lipinski definition) is 6. The molecule has 0 spiro atoms. The molecule has 2 aliphatic heterocycles. The molecule has 2 amide bonds. The Balaban J connectivity index is 1.06. The normalized spacial score (nSPS) is 35.9. The number of hydrazine groups is 1. The van der Waals surface area contributed by atoms with Crippen molar-refractivity contribution < 1.29 is 32.3 Å². The smallest absolute Gasteiger partial charge is 0.355 e. The van der Waals surface area contributed by atoms with Gasteiger partial charge >= 0.3 is 6.36 Å². The van der Waals surface area contributed by atoms with Crippen molar-refractivity contribution in [2.24, 2.45) is 17.8 Å². The summed E-state index contributed by atoms with van der Waals surface area (Å²) in [4.78, 5) is 29.8. The van der Waals surface area contributed by atoms with Crippen molar-refractivity contribution in [1.82, 2.24) is 32.3 Å². The van der Waals surface area contributed by atoms with E-state index in [0.29, 0.717) is 51.6 Å². The standard InChI is InChI=1S/C22H37F3N6O4/c23-22(24,25)34-14-7-5-13(6-8-14)19-28-18(35-31-19)10-9-17(32)26-11-12-27-20-15-3-1-2-4-16(15)21(33)30-29-20/h13-16,18-20,27-29,31H,1-12H2,(H,26,32)(H,30,33). The van der Waals surface area contributed by atoms with Gasteiger partial charge in [-0.05, 0) is 50.9 Å². The molecule has 6 N–H and O–H groups in total. The molecule has 5 unspecified atom stereocenters. The van der Waals surface area contributed by atoms with Gasteiger partial charge in [-0.2, -0.15) is 5.48 Å². The van der Waals surface area contributed by atoms with E-state index in [1.165, 1.54) is 0 Å². The third kappa shape index (κ3) is 7.73. The Kier molecular flexibility index (Phi) is 9.22. The second kappa shape index (κ2) is 12.2. The maximum Gasteiger partial charge on any atom is 0.522 e. The van der Waals surface area contributed by atoms with Crippen molar-refractivity contribution in [1.29, 1.82) is 0 Å². The van der Waals surface area contributed by atoms with Crippen molar-refractivity contribution in [2.75, 3.05) is 13.1 Å². The molecule has 0 aromatic rings. The molecule has 2 saturated heterocycles. The number of hydrogen-bond acceptors (Lipinski definition) is 8. The highest BCUT2D eigenvalue weighted by molar-refractivity contribution is 5.79. The molecule has 200 valence electrons. The van der Waals surface area contributed by atoms with E-state index in [1.54, 1.807) is 0 Å². The minimum atomic E-state index is -4.59. The first-order valence-corrected chi connectivity index (χ1v) is 12.8. The molecule has 0 bridgehead atoms. The minimum absolute atomic E-state index is 0.00379. The Morgan fingerprint density at radius 1 is 1.09 bits per heavy atom. The van der Waals surface area contributed by atoms with Gasteiger partial charge in [0.15, 0.2) is 0 Å². The van der Waals surface area contributed by atoms with Crippen LogP contribution < -0.4 is 32.3 Å². The van der Waals surface area contributed by atoms with Crippen LogP contribution in [0.3, 0.4) is 0 Å². The predicted molar refractivity (Wildman–Crippen MR) is 119 cm³/mol. The molecule has 0 radical (unpaired) electrons. The van der Waals surface area contributed by atoms with Crippen molar-refractivity contribution >= 4 is 11.8 Å². The van der Waals surface area contributed by atoms with Gasteiger partial charge in [-0.3, -0.25) is 35.2 Å². The summed E-state index contributed by atoms with van der Waals surface area (Å²) >= 11 is 0. The zero-order chi connectivity index (χ0) is 24.8. The third-order valence-corrected chi connectivity index (χ3v) is 7.57. The lowest BCUT2D eigenvalue weighted by molar-refractivity contribution is -0.345. The van der Waals surface area contributed by atoms with Crippen molar-refractivity contribution in [3.8, 4) is 0 Å². The fraction of sp³-hybridized carbons (Fsp3) is 0.909. The fourth-order valence-electron chi connectivity index (χ4n) is 5.74. The Labute approximate surface area is 203 Å². The summed E-state index contributed by atoms with van der Waals surface area (Å²) in [6.07, 6.45) is 1.02. The molecule has 2 heterocycles. The van der Waals surface area contributed by atoms with Crippen LogP contribution in [0.2, 0.25) is 0 Å². The van der Waals surface area contributed by atoms with Crippen molar-refractivity contribution in [3.63, 3.8) is 0 Å². The van der Waals surface area contributed by atoms with Gasteiger partial charge < -0.3 is 5.32 Å². The van der Waals surface area contributed by atoms with Crippen molar-refractivity contribution in [2.45, 2.75) is 95.2 Å². The van der Waals surface area contributed by atoms with E-state index < -0.39 is 12.5 Å². The number of hydroxylamine groups is 1. The van der Waals surface area contributed by atoms with E-state index in [9.17, 15) is 22.8 Å². The Bertz CT molecular complexity index is 722. The Morgan fingerprint density at radius 2 is 1.86 bits per heavy atom. The molecule has 35 heavy (non-hydrogen) atoms. The lowest BCUT2D eigenvalue weighted by Gasteiger charge is -2.41. The van der Waals surface area contributed by atoms with Gasteiger partial charge in [0.05, 0.1) is 18.4 Å². The van der Waals surface area contributed by atoms with Crippen LogP contribution >= 0.6 is 0 Å². The van der Waals surface area contributed by atoms with Gasteiger partial charge in [-0.25, -0.2) is 5.43 Å². The lowest BCUT2D eigenvalue weighted by atomic mass is 9.76. The van der Waals surface area contributed by atoms with Crippen LogP contribution in [-0.2, 0) is 19.2 Å². The number of nitrogens with one attached hydrogen (secondary N) is 6. The number of fused-ring (bicyclic) bond motifs is 1. The highest BCUT2D eigenvalue weighted by Gasteiger charge is 2.40. The number of halogens is 3. The summed E-state index contributed by atoms with van der Waals surface area (Å²) in [5.74, 6) is 0.465. The van der Waals surface area contributed by atoms with Crippen LogP contribution in [0.25, 0.3) is 0 Å². The summed E-state index contributed by atoms with van der Waals surface area (Å²) in [5, 5.41) is 9.58. The molecule has 4 rings (SSSR count). The number of carbonyl (C=O) groups is 2. The topological polar surface area (TPSA) is 125 Å². The SMILES string of the molecule is O=C(CCC1NC(C2CCC(OC(F)(F)F)CC2)NO1)NCCNC1NNC(=O)C2CCCCC12. The summed E-state index contributed by atoms with van der Waals surface area (Å²) in [6, 6.07) is 0. The highest BCUT2D eigenvalue weighted by atomic mass is 19.4. The molecule has 13 heteroatoms. The molecule has 4 aliphatic rings. The number of alkyl halides is 3. The molecule has 2 saturated carbocycles. The van der Waals surface area contributed by atoms with Gasteiger partial charge in [0.2, 0.25) is 11.8 Å². The van der Waals surface area contributed by atoms with E-state index in [0.717, 1.165) is 25.7 Å². The summed E-state index contributed by atoms with van der Waals surface area (Å²) < 4.78 is 41.3. The lowest BCUT2D eigenvalue weighted by Crippen LogP contribution is -2.64. The highest BCUT2D eigenvalue weighted by Crippen LogP contribution is 2.34. The van der Waals surface area contributed by atoms with Gasteiger partial charge in [0.1, 0.15) is 6.23 Å². The van der Waals surface area contributed by atoms with Crippen LogP contribution in [0, 0.1) is 17.8 Å². The maximum atomic E-state index is 12.4. The number of amides is 2. The van der Waals surface area contributed by atoms with Gasteiger partial charge in [-0.1, -0.05) is 12.8 Å². The second-order valence-electron chi connectivity index (χ2n) is 9.98. The van der Waals surface area contributed by atoms with Gasteiger partial charge in [-0.15, -0.1) is 13.2 Å². The van der Waals surface area contributed by atoms with E-state index >= 15 is 0 Å². The molecule has 0 aromatic carbocycles. The Hall–Kier alpha value is -1.51. The maximum absolute atomic E-state index is 12.4. The number of ether oxygens (including phenoxy) is 1. The Morgan fingerprint density at radius 3 is 2.63 bits per heavy atom. The third-order valence-electron chi connectivity index (χ3n) is 7.57. The first-order chi connectivity index (χ1) is 16.8. The first kappa shape index (κ1) is 26.6. The van der Waals surface area contributed by atoms with Crippen LogP contribution in [-0.4, -0.2) is 55.9 Å². The monoisotopic (exact) mass is 506 g/mol. The van der Waals surface area contributed by atoms with Gasteiger partial charge in [0, 0.05) is 31.3 Å². The first-order valence-electron chi connectivity index (χ1n) is 12.8. The van der Waals surface area contributed by atoms with E-state index in [4.69, 9.17) is 4.84 Å². The van der Waals surface area contributed by atoms with E-state index in [1.807, 2.05) is 0 Å². The average Bonchev–Trinajstić information content (AvgIpc) is 3.30. The largest absolute Gasteiger partial charge is 0.522 e. The number of rotatable bonds is 9. The zero-order valence-corrected chi connectivity index (χ0v) is 19.8. The van der Waals surface area contributed by atoms with Crippen LogP contribution in [0.5, 0.6) is 0 Å². The molecule has 5 atom stereocenters. The van der Waals surface area contributed by atoms with E-state index in [-0.39, 0.29) is 48.1 Å². The average molecular weight is 507 g/mol. The second-order valence-corrected chi connectivity index (χ2v) is 9.98. The molecular weight excluding hydrogens is 469 g/mol. The fourth-order valence-corrected chi connectivity index (χ4v) is 5.74. The summed E-state index contributed by atoms with van der Waals surface area (Å²) in [6.45, 7) is 1.07. The molecule has 0 aromatic heterocycles. The summed E-state index contributed by atoms with van der Waals surface area (Å²) in [7, 11) is 0. The van der Waals surface area contributed by atoms with Crippen molar-refractivity contribution in [3.05, 3.63) is 0 Å². The molecular formula is C22H37F3N6O4.